The lowest BCUT2D eigenvalue weighted by Crippen LogP contribution is -2.21. The molecule has 1 aromatic carbocycles. The van der Waals surface area contributed by atoms with Gasteiger partial charge in [-0.2, -0.15) is 0 Å². The van der Waals surface area contributed by atoms with Crippen LogP contribution in [0.25, 0.3) is 32.7 Å². The summed E-state index contributed by atoms with van der Waals surface area (Å²) < 4.78 is 8.31. The first-order valence-electron chi connectivity index (χ1n) is 8.87. The average molecular weight is 393 g/mol. The summed E-state index contributed by atoms with van der Waals surface area (Å²) in [5, 5.41) is 11.4. The van der Waals surface area contributed by atoms with Crippen LogP contribution in [0.1, 0.15) is 9.67 Å². The van der Waals surface area contributed by atoms with Gasteiger partial charge in [-0.05, 0) is 30.3 Å². The van der Waals surface area contributed by atoms with Gasteiger partial charge in [-0.3, -0.25) is 0 Å². The summed E-state index contributed by atoms with van der Waals surface area (Å²) in [5.41, 5.74) is 3.79. The van der Waals surface area contributed by atoms with E-state index in [0.29, 0.717) is 4.88 Å². The average Bonchev–Trinajstić information content (AvgIpc) is 3.15. The highest BCUT2D eigenvalue weighted by molar-refractivity contribution is 7.17. The zero-order chi connectivity index (χ0) is 20.0. The van der Waals surface area contributed by atoms with Crippen LogP contribution in [-0.4, -0.2) is 39.3 Å². The van der Waals surface area contributed by atoms with Crippen LogP contribution >= 0.6 is 11.3 Å². The molecule has 0 spiro atoms. The van der Waals surface area contributed by atoms with Crippen molar-refractivity contribution in [3.8, 4) is 21.8 Å². The minimum atomic E-state index is -0.907. The van der Waals surface area contributed by atoms with Crippen molar-refractivity contribution < 1.29 is 14.3 Å². The van der Waals surface area contributed by atoms with Gasteiger partial charge < -0.3 is 14.4 Å². The fourth-order valence-corrected chi connectivity index (χ4v) is 4.19. The van der Waals surface area contributed by atoms with Gasteiger partial charge in [-0.15, -0.1) is 11.3 Å². The molecule has 6 heteroatoms. The maximum Gasteiger partial charge on any atom is 0.345 e. The van der Waals surface area contributed by atoms with Crippen LogP contribution in [0.4, 0.5) is 5.69 Å². The van der Waals surface area contributed by atoms with Gasteiger partial charge in [-0.25, -0.2) is 9.37 Å². The molecule has 4 rings (SSSR count). The number of hydrogen-bond donors (Lipinski definition) is 1. The monoisotopic (exact) mass is 393 g/mol. The number of aromatic carboxylic acids is 1. The van der Waals surface area contributed by atoms with Crippen molar-refractivity contribution in [2.24, 2.45) is 0 Å². The van der Waals surface area contributed by atoms with E-state index in [-0.39, 0.29) is 0 Å². The van der Waals surface area contributed by atoms with E-state index in [1.807, 2.05) is 80.1 Å². The predicted octanol–water partition coefficient (Wildman–Crippen LogP) is 4.06. The first-order valence-corrected chi connectivity index (χ1v) is 9.68. The summed E-state index contributed by atoms with van der Waals surface area (Å²) in [6.07, 6.45) is 0. The molecule has 142 valence electrons. The lowest BCUT2D eigenvalue weighted by Gasteiger charge is -2.17. The van der Waals surface area contributed by atoms with Crippen LogP contribution in [0.3, 0.4) is 0 Å². The number of hydrogen-bond acceptors (Lipinski definition) is 4. The maximum absolute atomic E-state index is 11.4. The summed E-state index contributed by atoms with van der Waals surface area (Å²) in [4.78, 5) is 14.7. The molecule has 0 saturated heterocycles. The van der Waals surface area contributed by atoms with Crippen LogP contribution in [0, 0.1) is 0 Å². The number of nitrogens with zero attached hydrogens (tertiary/aromatic N) is 2. The fraction of sp³-hybridized carbons (Fsp3) is 0.182. The lowest BCUT2D eigenvalue weighted by atomic mass is 9.98. The molecule has 0 bridgehead atoms. The van der Waals surface area contributed by atoms with Gasteiger partial charge in [0, 0.05) is 53.3 Å². The number of rotatable bonds is 3. The molecule has 0 saturated carbocycles. The number of thiophene rings is 1. The third-order valence-corrected chi connectivity index (χ3v) is 5.88. The number of carbonyl (C=O) groups is 1. The number of benzene rings is 2. The summed E-state index contributed by atoms with van der Waals surface area (Å²) in [5.74, 6) is -0.134. The maximum atomic E-state index is 11.4. The van der Waals surface area contributed by atoms with Crippen LogP contribution < -0.4 is 14.8 Å². The zero-order valence-corrected chi connectivity index (χ0v) is 17.0. The third-order valence-electron chi connectivity index (χ3n) is 4.78. The van der Waals surface area contributed by atoms with Crippen molar-refractivity contribution in [2.75, 3.05) is 33.1 Å². The Hall–Kier alpha value is -3.12. The normalized spacial score (nSPS) is 11.1. The lowest BCUT2D eigenvalue weighted by molar-refractivity contribution is 0.0702. The summed E-state index contributed by atoms with van der Waals surface area (Å²) in [6, 6.07) is 15.8. The molecule has 0 atom stereocenters. The third kappa shape index (κ3) is 3.05. The summed E-state index contributed by atoms with van der Waals surface area (Å²) >= 11 is 1.28. The van der Waals surface area contributed by atoms with E-state index in [0.717, 1.165) is 43.8 Å². The molecule has 5 nitrogen and oxygen atoms in total. The molecule has 0 unspecified atom stereocenters. The van der Waals surface area contributed by atoms with Gasteiger partial charge in [0.2, 0.25) is 5.36 Å². The van der Waals surface area contributed by atoms with E-state index in [1.165, 1.54) is 11.3 Å². The number of anilines is 1. The van der Waals surface area contributed by atoms with E-state index in [4.69, 9.17) is 4.42 Å². The Morgan fingerprint density at radius 2 is 1.86 bits per heavy atom. The van der Waals surface area contributed by atoms with Crippen molar-refractivity contribution in [1.82, 2.24) is 4.58 Å². The highest BCUT2D eigenvalue weighted by Gasteiger charge is 2.20. The second-order valence-corrected chi connectivity index (χ2v) is 8.18. The van der Waals surface area contributed by atoms with Gasteiger partial charge in [0.1, 0.15) is 30.3 Å². The van der Waals surface area contributed by atoms with Crippen molar-refractivity contribution in [3.05, 3.63) is 58.8 Å². The molecule has 28 heavy (non-hydrogen) atoms. The second-order valence-electron chi connectivity index (χ2n) is 7.10. The smallest absolute Gasteiger partial charge is 0.345 e. The topological polar surface area (TPSA) is 56.7 Å². The SMILES string of the molecule is CN(C)c1ccc2c(-c3ccc(C(=O)O)s3)c3ccc(=[N+](C)C)cc-3oc2c1. The molecular formula is C22H21N2O3S+. The molecule has 0 fully saturated rings. The Bertz CT molecular complexity index is 1250. The molecule has 1 aromatic heterocycles. The molecule has 1 aliphatic heterocycles. The second kappa shape index (κ2) is 6.80. The van der Waals surface area contributed by atoms with E-state index < -0.39 is 5.97 Å². The predicted molar refractivity (Wildman–Crippen MR) is 115 cm³/mol. The molecule has 2 heterocycles. The van der Waals surface area contributed by atoms with Crippen LogP contribution in [-0.2, 0) is 0 Å². The van der Waals surface area contributed by atoms with Gasteiger partial charge >= 0.3 is 5.97 Å². The van der Waals surface area contributed by atoms with E-state index in [2.05, 4.69) is 0 Å². The van der Waals surface area contributed by atoms with Crippen molar-refractivity contribution in [3.63, 3.8) is 0 Å². The summed E-state index contributed by atoms with van der Waals surface area (Å²) in [6.45, 7) is 0. The minimum Gasteiger partial charge on any atom is -0.477 e. The standard InChI is InChI=1S/C22H20N2O3S/c1-23(2)13-5-7-15-17(11-13)27-18-12-14(24(3)4)6-8-16(18)21(15)19-9-10-20(28-19)22(25)26/h5-12H,1-4H3/p+1. The number of carboxylic acid groups (broad SMARTS) is 1. The van der Waals surface area contributed by atoms with Gasteiger partial charge in [-0.1, -0.05) is 0 Å². The molecular weight excluding hydrogens is 372 g/mol. The Labute approximate surface area is 166 Å². The Balaban J connectivity index is 2.11. The minimum absolute atomic E-state index is 0.326. The van der Waals surface area contributed by atoms with Crippen LogP contribution in [0.5, 0.6) is 0 Å². The Kier molecular flexibility index (Phi) is 4.43. The highest BCUT2D eigenvalue weighted by atomic mass is 32.1. The molecule has 2 aliphatic rings. The van der Waals surface area contributed by atoms with Crippen molar-refractivity contribution in [1.29, 1.82) is 0 Å². The van der Waals surface area contributed by atoms with Gasteiger partial charge in [0.05, 0.1) is 6.07 Å². The Morgan fingerprint density at radius 1 is 1.07 bits per heavy atom. The molecule has 1 N–H and O–H groups in total. The molecule has 2 aromatic rings. The van der Waals surface area contributed by atoms with Gasteiger partial charge in [0.25, 0.3) is 0 Å². The van der Waals surface area contributed by atoms with E-state index in [1.54, 1.807) is 6.07 Å². The fourth-order valence-electron chi connectivity index (χ4n) is 3.28. The van der Waals surface area contributed by atoms with E-state index in [9.17, 15) is 9.90 Å². The molecule has 0 radical (unpaired) electrons. The van der Waals surface area contributed by atoms with E-state index >= 15 is 0 Å². The van der Waals surface area contributed by atoms with Crippen LogP contribution in [0.15, 0.2) is 52.9 Å². The first kappa shape index (κ1) is 18.3. The molecule has 0 amide bonds. The number of fused-ring (bicyclic) bond motifs is 2. The number of carboxylic acids is 1. The molecule has 1 aliphatic carbocycles. The van der Waals surface area contributed by atoms with Gasteiger partial charge in [0.15, 0.2) is 0 Å². The quantitative estimate of drug-likeness (QED) is 0.421. The summed E-state index contributed by atoms with van der Waals surface area (Å²) in [7, 11) is 7.97. The van der Waals surface area contributed by atoms with Crippen molar-refractivity contribution in [2.45, 2.75) is 0 Å². The van der Waals surface area contributed by atoms with Crippen molar-refractivity contribution >= 4 is 34.0 Å². The Morgan fingerprint density at radius 3 is 2.50 bits per heavy atom. The zero-order valence-electron chi connectivity index (χ0n) is 16.2. The van der Waals surface area contributed by atoms with Crippen LogP contribution in [0.2, 0.25) is 0 Å². The first-order chi connectivity index (χ1) is 13.3. The highest BCUT2D eigenvalue weighted by Crippen LogP contribution is 2.43. The largest absolute Gasteiger partial charge is 0.477 e.